The number of aromatic nitrogens is 2. The summed E-state index contributed by atoms with van der Waals surface area (Å²) in [6.07, 6.45) is 8.43. The molecular formula is C25H34ClN5OS. The van der Waals surface area contributed by atoms with Crippen molar-refractivity contribution >= 4 is 40.7 Å². The van der Waals surface area contributed by atoms with Crippen molar-refractivity contribution in [2.45, 2.75) is 57.3 Å². The highest BCUT2D eigenvalue weighted by molar-refractivity contribution is 7.80. The first-order valence-electron chi connectivity index (χ1n) is 12.0. The van der Waals surface area contributed by atoms with Gasteiger partial charge >= 0.3 is 0 Å². The molecule has 1 atom stereocenters. The minimum absolute atomic E-state index is 0.0545. The predicted octanol–water partition coefficient (Wildman–Crippen LogP) is 5.56. The lowest BCUT2D eigenvalue weighted by Gasteiger charge is -2.38. The van der Waals surface area contributed by atoms with Crippen molar-refractivity contribution in [3.8, 4) is 5.88 Å². The van der Waals surface area contributed by atoms with Gasteiger partial charge in [0.2, 0.25) is 11.8 Å². The number of halogens is 1. The van der Waals surface area contributed by atoms with E-state index in [4.69, 9.17) is 33.5 Å². The number of rotatable bonds is 6. The Bertz CT molecular complexity index is 948. The van der Waals surface area contributed by atoms with E-state index in [1.165, 1.54) is 37.7 Å². The number of piperidine rings is 1. The monoisotopic (exact) mass is 487 g/mol. The number of methoxy groups -OCH3 is 1. The van der Waals surface area contributed by atoms with Crippen LogP contribution in [-0.2, 0) is 5.41 Å². The Labute approximate surface area is 207 Å². The molecule has 2 fully saturated rings. The number of nitrogens with zero attached hydrogens (tertiary/aromatic N) is 3. The van der Waals surface area contributed by atoms with Crippen molar-refractivity contribution in [3.05, 3.63) is 40.9 Å². The van der Waals surface area contributed by atoms with Gasteiger partial charge in [-0.05, 0) is 61.5 Å². The summed E-state index contributed by atoms with van der Waals surface area (Å²) >= 11 is 11.8. The Morgan fingerprint density at radius 1 is 1.18 bits per heavy atom. The SMILES string of the molecule is COc1cc(N2CCC[C@@H](C)C2)nc(NC(=S)NCC2(c3ccc(Cl)cc3)CCCCC2)n1. The Balaban J connectivity index is 1.45. The van der Waals surface area contributed by atoms with Gasteiger partial charge in [-0.3, -0.25) is 0 Å². The summed E-state index contributed by atoms with van der Waals surface area (Å²) in [4.78, 5) is 11.5. The molecule has 0 bridgehead atoms. The molecule has 2 aromatic rings. The first-order chi connectivity index (χ1) is 16.0. The number of hydrogen-bond donors (Lipinski definition) is 2. The number of ether oxygens (including phenoxy) is 1. The summed E-state index contributed by atoms with van der Waals surface area (Å²) in [6, 6.07) is 10.2. The quantitative estimate of drug-likeness (QED) is 0.517. The van der Waals surface area contributed by atoms with Gasteiger partial charge < -0.3 is 20.3 Å². The van der Waals surface area contributed by atoms with Crippen LogP contribution in [-0.4, -0.2) is 41.8 Å². The molecule has 6 nitrogen and oxygen atoms in total. The van der Waals surface area contributed by atoms with Gasteiger partial charge in [0, 0.05) is 36.1 Å². The Hall–Kier alpha value is -2.12. The first-order valence-corrected chi connectivity index (χ1v) is 12.7. The van der Waals surface area contributed by atoms with Gasteiger partial charge in [0.05, 0.1) is 7.11 Å². The van der Waals surface area contributed by atoms with Crippen molar-refractivity contribution in [1.82, 2.24) is 15.3 Å². The molecule has 0 unspecified atom stereocenters. The third-order valence-corrected chi connectivity index (χ3v) is 7.46. The first kappa shape index (κ1) is 24.0. The van der Waals surface area contributed by atoms with Crippen LogP contribution in [0.25, 0.3) is 0 Å². The minimum Gasteiger partial charge on any atom is -0.481 e. The molecule has 0 radical (unpaired) electrons. The van der Waals surface area contributed by atoms with E-state index in [0.717, 1.165) is 43.3 Å². The molecule has 2 aliphatic rings. The van der Waals surface area contributed by atoms with Gasteiger partial charge in [0.15, 0.2) is 5.11 Å². The topological polar surface area (TPSA) is 62.3 Å². The fourth-order valence-corrected chi connectivity index (χ4v) is 5.42. The smallest absolute Gasteiger partial charge is 0.234 e. The lowest BCUT2D eigenvalue weighted by Crippen LogP contribution is -2.43. The van der Waals surface area contributed by atoms with Crippen LogP contribution in [0, 0.1) is 5.92 Å². The van der Waals surface area contributed by atoms with Gasteiger partial charge in [-0.2, -0.15) is 9.97 Å². The Morgan fingerprint density at radius 2 is 1.94 bits per heavy atom. The maximum absolute atomic E-state index is 6.14. The predicted molar refractivity (Wildman–Crippen MR) is 140 cm³/mol. The molecule has 8 heteroatoms. The summed E-state index contributed by atoms with van der Waals surface area (Å²) in [5, 5.41) is 7.94. The maximum Gasteiger partial charge on any atom is 0.234 e. The number of benzene rings is 1. The third kappa shape index (κ3) is 6.07. The summed E-state index contributed by atoms with van der Waals surface area (Å²) in [7, 11) is 1.63. The van der Waals surface area contributed by atoms with Crippen LogP contribution in [0.4, 0.5) is 11.8 Å². The summed E-state index contributed by atoms with van der Waals surface area (Å²) < 4.78 is 5.44. The number of hydrogen-bond acceptors (Lipinski definition) is 5. The molecule has 33 heavy (non-hydrogen) atoms. The van der Waals surface area contributed by atoms with Crippen molar-refractivity contribution in [3.63, 3.8) is 0 Å². The van der Waals surface area contributed by atoms with E-state index >= 15 is 0 Å². The molecule has 1 saturated carbocycles. The Morgan fingerprint density at radius 3 is 2.64 bits per heavy atom. The molecule has 1 saturated heterocycles. The molecule has 4 rings (SSSR count). The second-order valence-corrected chi connectivity index (χ2v) is 10.3. The van der Waals surface area contributed by atoms with Crippen LogP contribution in [0.3, 0.4) is 0 Å². The van der Waals surface area contributed by atoms with Gasteiger partial charge in [-0.1, -0.05) is 49.9 Å². The van der Waals surface area contributed by atoms with Gasteiger partial charge in [0.25, 0.3) is 0 Å². The molecule has 1 aromatic carbocycles. The molecule has 2 N–H and O–H groups in total. The number of nitrogens with one attached hydrogen (secondary N) is 2. The molecule has 1 aliphatic heterocycles. The van der Waals surface area contributed by atoms with Gasteiger partial charge in [-0.15, -0.1) is 0 Å². The fourth-order valence-electron chi connectivity index (χ4n) is 5.13. The zero-order chi connectivity index (χ0) is 23.3. The third-order valence-electron chi connectivity index (χ3n) is 6.96. The number of anilines is 2. The average molecular weight is 488 g/mol. The average Bonchev–Trinajstić information content (AvgIpc) is 2.83. The van der Waals surface area contributed by atoms with Gasteiger partial charge in [0.1, 0.15) is 5.82 Å². The van der Waals surface area contributed by atoms with E-state index in [1.54, 1.807) is 7.11 Å². The largest absolute Gasteiger partial charge is 0.481 e. The van der Waals surface area contributed by atoms with E-state index in [2.05, 4.69) is 39.6 Å². The van der Waals surface area contributed by atoms with Crippen LogP contribution < -0.4 is 20.3 Å². The molecule has 1 aliphatic carbocycles. The lowest BCUT2D eigenvalue weighted by molar-refractivity contribution is 0.292. The zero-order valence-electron chi connectivity index (χ0n) is 19.6. The highest BCUT2D eigenvalue weighted by Gasteiger charge is 2.34. The van der Waals surface area contributed by atoms with Crippen molar-refractivity contribution < 1.29 is 4.74 Å². The molecule has 2 heterocycles. The second kappa shape index (κ2) is 10.9. The van der Waals surface area contributed by atoms with E-state index < -0.39 is 0 Å². The van der Waals surface area contributed by atoms with E-state index in [9.17, 15) is 0 Å². The summed E-state index contributed by atoms with van der Waals surface area (Å²) in [5.74, 6) is 2.53. The Kier molecular flexibility index (Phi) is 7.91. The van der Waals surface area contributed by atoms with Crippen molar-refractivity contribution in [2.75, 3.05) is 37.0 Å². The molecule has 0 spiro atoms. The lowest BCUT2D eigenvalue weighted by atomic mass is 9.69. The normalized spacial score (nSPS) is 20.2. The molecule has 178 valence electrons. The van der Waals surface area contributed by atoms with Gasteiger partial charge in [-0.25, -0.2) is 0 Å². The van der Waals surface area contributed by atoms with Crippen molar-refractivity contribution in [1.29, 1.82) is 0 Å². The highest BCUT2D eigenvalue weighted by atomic mass is 35.5. The maximum atomic E-state index is 6.14. The van der Waals surface area contributed by atoms with Crippen LogP contribution in [0.15, 0.2) is 30.3 Å². The number of thiocarbonyl (C=S) groups is 1. The minimum atomic E-state index is 0.0545. The van der Waals surface area contributed by atoms with Crippen LogP contribution >= 0.6 is 23.8 Å². The van der Waals surface area contributed by atoms with Crippen molar-refractivity contribution in [2.24, 2.45) is 5.92 Å². The van der Waals surface area contributed by atoms with Crippen LogP contribution in [0.1, 0.15) is 57.4 Å². The van der Waals surface area contributed by atoms with Crippen LogP contribution in [0.2, 0.25) is 5.02 Å². The zero-order valence-corrected chi connectivity index (χ0v) is 21.1. The van der Waals surface area contributed by atoms with E-state index in [1.807, 2.05) is 18.2 Å². The standard InChI is InChI=1S/C25H34ClN5OS/c1-18-7-6-14-31(16-18)21-15-22(32-2)29-23(28-21)30-24(33)27-17-25(12-4-3-5-13-25)19-8-10-20(26)11-9-19/h8-11,15,18H,3-7,12-14,16-17H2,1-2H3,(H2,27,28,29,30,33)/t18-/m1/s1. The highest BCUT2D eigenvalue weighted by Crippen LogP contribution is 2.39. The summed E-state index contributed by atoms with van der Waals surface area (Å²) in [6.45, 7) is 5.04. The molecule has 1 aromatic heterocycles. The summed E-state index contributed by atoms with van der Waals surface area (Å²) in [5.41, 5.74) is 1.37. The second-order valence-electron chi connectivity index (χ2n) is 9.44. The van der Waals surface area contributed by atoms with E-state index in [0.29, 0.717) is 22.9 Å². The molecular weight excluding hydrogens is 454 g/mol. The van der Waals surface area contributed by atoms with E-state index in [-0.39, 0.29) is 5.41 Å². The van der Waals surface area contributed by atoms with Crippen LogP contribution in [0.5, 0.6) is 5.88 Å². The fraction of sp³-hybridized carbons (Fsp3) is 0.560. The molecule has 0 amide bonds.